The van der Waals surface area contributed by atoms with Gasteiger partial charge >= 0.3 is 0 Å². The summed E-state index contributed by atoms with van der Waals surface area (Å²) in [4.78, 5) is 0. The molecule has 1 aliphatic rings. The van der Waals surface area contributed by atoms with Gasteiger partial charge in [-0.05, 0) is 13.8 Å². The Labute approximate surface area is 58.0 Å². The van der Waals surface area contributed by atoms with Crippen LogP contribution in [0.4, 0.5) is 0 Å². The molecule has 0 aromatic heterocycles. The molecule has 42 valence electrons. The molecule has 0 radical (unpaired) electrons. The van der Waals surface area contributed by atoms with Gasteiger partial charge in [-0.15, -0.1) is 0 Å². The molecule has 1 rings (SSSR count). The first kappa shape index (κ1) is 5.82. The van der Waals surface area contributed by atoms with E-state index in [1.54, 1.807) is 0 Å². The van der Waals surface area contributed by atoms with Gasteiger partial charge in [0.2, 0.25) is 0 Å². The summed E-state index contributed by atoms with van der Waals surface area (Å²) in [6.45, 7) is 5.71. The van der Waals surface area contributed by atoms with Crippen LogP contribution in [-0.2, 0) is 0 Å². The molecule has 0 aliphatic carbocycles. The van der Waals surface area contributed by atoms with Gasteiger partial charge in [-0.3, -0.25) is 0 Å². The lowest BCUT2D eigenvalue weighted by Gasteiger charge is -2.11. The third-order valence-corrected chi connectivity index (χ3v) is 1.99. The van der Waals surface area contributed by atoms with Crippen molar-refractivity contribution in [2.75, 3.05) is 6.54 Å². The second kappa shape index (κ2) is 1.58. The third-order valence-electron chi connectivity index (χ3n) is 1.24. The molecule has 2 heteroatoms. The molecule has 0 amide bonds. The molecule has 1 fully saturated rings. The SMILES string of the molecule is CC(C)(I)C1CN1. The number of hydrogen-bond donors (Lipinski definition) is 1. The van der Waals surface area contributed by atoms with Gasteiger partial charge in [-0.25, -0.2) is 0 Å². The lowest BCUT2D eigenvalue weighted by Crippen LogP contribution is -2.19. The van der Waals surface area contributed by atoms with Gasteiger partial charge in [0.1, 0.15) is 0 Å². The molecule has 0 saturated carbocycles. The predicted molar refractivity (Wildman–Crippen MR) is 39.9 cm³/mol. The topological polar surface area (TPSA) is 21.9 Å². The summed E-state index contributed by atoms with van der Waals surface area (Å²) in [6, 6.07) is 0.785. The molecule has 1 unspecified atom stereocenters. The van der Waals surface area contributed by atoms with E-state index in [4.69, 9.17) is 0 Å². The Balaban J connectivity index is 2.36. The number of hydrogen-bond acceptors (Lipinski definition) is 1. The summed E-state index contributed by atoms with van der Waals surface area (Å²) < 4.78 is 0.470. The van der Waals surface area contributed by atoms with Crippen molar-refractivity contribution in [1.29, 1.82) is 0 Å². The van der Waals surface area contributed by atoms with E-state index in [2.05, 4.69) is 41.8 Å². The molecule has 1 aliphatic heterocycles. The van der Waals surface area contributed by atoms with Gasteiger partial charge in [0.25, 0.3) is 0 Å². The highest BCUT2D eigenvalue weighted by Gasteiger charge is 2.34. The van der Waals surface area contributed by atoms with E-state index < -0.39 is 0 Å². The molecule has 1 saturated heterocycles. The molecule has 1 N–H and O–H groups in total. The number of rotatable bonds is 1. The first-order valence-electron chi connectivity index (χ1n) is 2.53. The average molecular weight is 211 g/mol. The fourth-order valence-electron chi connectivity index (χ4n) is 0.544. The van der Waals surface area contributed by atoms with Crippen LogP contribution >= 0.6 is 22.6 Å². The van der Waals surface area contributed by atoms with Crippen LogP contribution in [0.25, 0.3) is 0 Å². The Morgan fingerprint density at radius 3 is 2.14 bits per heavy atom. The van der Waals surface area contributed by atoms with Crippen LogP contribution < -0.4 is 5.32 Å². The average Bonchev–Trinajstić information content (AvgIpc) is 1.99. The van der Waals surface area contributed by atoms with E-state index in [0.717, 1.165) is 6.04 Å². The van der Waals surface area contributed by atoms with Gasteiger partial charge in [-0.1, -0.05) is 22.6 Å². The van der Waals surface area contributed by atoms with Crippen LogP contribution in [0.3, 0.4) is 0 Å². The van der Waals surface area contributed by atoms with Crippen molar-refractivity contribution in [3.63, 3.8) is 0 Å². The maximum atomic E-state index is 3.27. The van der Waals surface area contributed by atoms with Crippen molar-refractivity contribution in [3.05, 3.63) is 0 Å². The predicted octanol–water partition coefficient (Wildman–Crippen LogP) is 1.17. The molecule has 0 spiro atoms. The Hall–Kier alpha value is 0.690. The zero-order valence-corrected chi connectivity index (χ0v) is 6.82. The zero-order chi connectivity index (χ0) is 5.49. The van der Waals surface area contributed by atoms with E-state index in [-0.39, 0.29) is 0 Å². The highest BCUT2D eigenvalue weighted by molar-refractivity contribution is 14.1. The first-order valence-corrected chi connectivity index (χ1v) is 3.61. The van der Waals surface area contributed by atoms with Crippen LogP contribution in [0.5, 0.6) is 0 Å². The fourth-order valence-corrected chi connectivity index (χ4v) is 0.985. The summed E-state index contributed by atoms with van der Waals surface area (Å²) in [5, 5.41) is 3.27. The Morgan fingerprint density at radius 2 is 2.14 bits per heavy atom. The minimum Gasteiger partial charge on any atom is -0.310 e. The van der Waals surface area contributed by atoms with Crippen molar-refractivity contribution in [3.8, 4) is 0 Å². The van der Waals surface area contributed by atoms with Crippen LogP contribution in [0.15, 0.2) is 0 Å². The van der Waals surface area contributed by atoms with E-state index in [1.165, 1.54) is 6.54 Å². The maximum Gasteiger partial charge on any atom is 0.0334 e. The smallest absolute Gasteiger partial charge is 0.0334 e. The summed E-state index contributed by atoms with van der Waals surface area (Å²) in [5.74, 6) is 0. The molecular formula is C5H10IN. The standard InChI is InChI=1S/C5H10IN/c1-5(2,6)4-3-7-4/h4,7H,3H2,1-2H3. The van der Waals surface area contributed by atoms with Crippen molar-refractivity contribution < 1.29 is 0 Å². The maximum absolute atomic E-state index is 3.27. The normalized spacial score (nSPS) is 30.4. The second-order valence-electron chi connectivity index (χ2n) is 2.53. The van der Waals surface area contributed by atoms with Crippen molar-refractivity contribution >= 4 is 22.6 Å². The molecule has 0 aromatic carbocycles. The molecule has 1 heterocycles. The fraction of sp³-hybridized carbons (Fsp3) is 1.00. The Kier molecular flexibility index (Phi) is 1.32. The van der Waals surface area contributed by atoms with E-state index in [1.807, 2.05) is 0 Å². The summed E-state index contributed by atoms with van der Waals surface area (Å²) >= 11 is 2.47. The van der Waals surface area contributed by atoms with E-state index in [9.17, 15) is 0 Å². The number of alkyl halides is 1. The van der Waals surface area contributed by atoms with Crippen LogP contribution in [0.1, 0.15) is 13.8 Å². The Bertz CT molecular complexity index is 70.6. The van der Waals surface area contributed by atoms with Crippen molar-refractivity contribution in [2.24, 2.45) is 0 Å². The van der Waals surface area contributed by atoms with E-state index in [0.29, 0.717) is 3.42 Å². The van der Waals surface area contributed by atoms with Gasteiger partial charge in [0.05, 0.1) is 0 Å². The zero-order valence-electron chi connectivity index (χ0n) is 4.66. The van der Waals surface area contributed by atoms with Crippen LogP contribution in [0.2, 0.25) is 0 Å². The van der Waals surface area contributed by atoms with Gasteiger partial charge in [-0.2, -0.15) is 0 Å². The third kappa shape index (κ3) is 1.57. The number of halogens is 1. The minimum atomic E-state index is 0.470. The van der Waals surface area contributed by atoms with Crippen LogP contribution in [0, 0.1) is 0 Å². The lowest BCUT2D eigenvalue weighted by atomic mass is 10.1. The highest BCUT2D eigenvalue weighted by Crippen LogP contribution is 2.26. The second-order valence-corrected chi connectivity index (χ2v) is 5.31. The summed E-state index contributed by atoms with van der Waals surface area (Å²) in [5.41, 5.74) is 0. The Morgan fingerprint density at radius 1 is 1.71 bits per heavy atom. The van der Waals surface area contributed by atoms with Crippen LogP contribution in [-0.4, -0.2) is 16.0 Å². The molecule has 1 nitrogen and oxygen atoms in total. The molecule has 0 aromatic rings. The minimum absolute atomic E-state index is 0.470. The monoisotopic (exact) mass is 211 g/mol. The first-order chi connectivity index (χ1) is 3.11. The molecule has 7 heavy (non-hydrogen) atoms. The largest absolute Gasteiger partial charge is 0.310 e. The quantitative estimate of drug-likeness (QED) is 0.392. The highest BCUT2D eigenvalue weighted by atomic mass is 127. The summed E-state index contributed by atoms with van der Waals surface area (Å²) in [7, 11) is 0. The van der Waals surface area contributed by atoms with Gasteiger partial charge < -0.3 is 5.32 Å². The molecule has 1 atom stereocenters. The van der Waals surface area contributed by atoms with Gasteiger partial charge in [0, 0.05) is 16.0 Å². The van der Waals surface area contributed by atoms with Crippen molar-refractivity contribution in [1.82, 2.24) is 5.32 Å². The van der Waals surface area contributed by atoms with E-state index >= 15 is 0 Å². The van der Waals surface area contributed by atoms with Gasteiger partial charge in [0.15, 0.2) is 0 Å². The lowest BCUT2D eigenvalue weighted by molar-refractivity contribution is 0.727. The summed E-state index contributed by atoms with van der Waals surface area (Å²) in [6.07, 6.45) is 0. The van der Waals surface area contributed by atoms with Crippen molar-refractivity contribution in [2.45, 2.75) is 23.3 Å². The molecule has 0 bridgehead atoms. The molecular weight excluding hydrogens is 201 g/mol. The number of nitrogens with one attached hydrogen (secondary N) is 1.